The van der Waals surface area contributed by atoms with Gasteiger partial charge in [-0.3, -0.25) is 4.90 Å². The van der Waals surface area contributed by atoms with Gasteiger partial charge < -0.3 is 5.32 Å². The maximum atomic E-state index is 3.57. The highest BCUT2D eigenvalue weighted by atomic mass is 15.2. The second-order valence-corrected chi connectivity index (χ2v) is 5.74. The molecular formula is C16H24N2. The highest BCUT2D eigenvalue weighted by Crippen LogP contribution is 2.25. The maximum Gasteiger partial charge on any atom is 0.0264 e. The second kappa shape index (κ2) is 5.41. The van der Waals surface area contributed by atoms with Crippen LogP contribution in [0, 0.1) is 5.92 Å². The number of fused-ring (bicyclic) bond motifs is 1. The number of hydrogen-bond acceptors (Lipinski definition) is 2. The van der Waals surface area contributed by atoms with Gasteiger partial charge in [0.05, 0.1) is 0 Å². The molecule has 2 atom stereocenters. The molecule has 0 spiro atoms. The molecule has 0 radical (unpaired) electrons. The minimum Gasteiger partial charge on any atom is -0.315 e. The number of rotatable bonds is 2. The van der Waals surface area contributed by atoms with E-state index in [1.165, 1.54) is 38.9 Å². The van der Waals surface area contributed by atoms with Gasteiger partial charge in [0.25, 0.3) is 0 Å². The van der Waals surface area contributed by atoms with Crippen molar-refractivity contribution in [3.63, 3.8) is 0 Å². The SMILES string of the molecule is CCC1CNCC1N1CCCc2ccccc2C1. The molecule has 1 saturated heterocycles. The molecular weight excluding hydrogens is 220 g/mol. The fraction of sp³-hybridized carbons (Fsp3) is 0.625. The zero-order chi connectivity index (χ0) is 12.4. The molecule has 2 heteroatoms. The number of nitrogens with one attached hydrogen (secondary N) is 1. The van der Waals surface area contributed by atoms with Gasteiger partial charge in [0.15, 0.2) is 0 Å². The predicted molar refractivity (Wildman–Crippen MR) is 75.6 cm³/mol. The van der Waals surface area contributed by atoms with Crippen LogP contribution in [-0.4, -0.2) is 30.6 Å². The molecule has 2 aliphatic heterocycles. The van der Waals surface area contributed by atoms with E-state index in [9.17, 15) is 0 Å². The Hall–Kier alpha value is -0.860. The quantitative estimate of drug-likeness (QED) is 0.859. The highest BCUT2D eigenvalue weighted by Gasteiger charge is 2.31. The minimum atomic E-state index is 0.751. The molecule has 0 aromatic heterocycles. The average Bonchev–Trinajstić information content (AvgIpc) is 2.77. The summed E-state index contributed by atoms with van der Waals surface area (Å²) in [5.41, 5.74) is 3.12. The Labute approximate surface area is 110 Å². The monoisotopic (exact) mass is 244 g/mol. The van der Waals surface area contributed by atoms with Crippen LogP contribution in [0.3, 0.4) is 0 Å². The summed E-state index contributed by atoms with van der Waals surface area (Å²) in [6, 6.07) is 9.74. The molecule has 2 nitrogen and oxygen atoms in total. The Balaban J connectivity index is 1.78. The van der Waals surface area contributed by atoms with E-state index in [0.717, 1.165) is 18.5 Å². The van der Waals surface area contributed by atoms with Crippen LogP contribution in [-0.2, 0) is 13.0 Å². The molecule has 1 aromatic carbocycles. The van der Waals surface area contributed by atoms with E-state index < -0.39 is 0 Å². The topological polar surface area (TPSA) is 15.3 Å². The Morgan fingerprint density at radius 2 is 2.06 bits per heavy atom. The Bertz CT molecular complexity index is 402. The first-order valence-corrected chi connectivity index (χ1v) is 7.40. The summed E-state index contributed by atoms with van der Waals surface area (Å²) in [4.78, 5) is 2.72. The lowest BCUT2D eigenvalue weighted by Gasteiger charge is -2.31. The van der Waals surface area contributed by atoms with E-state index >= 15 is 0 Å². The molecule has 2 aliphatic rings. The first-order chi connectivity index (χ1) is 8.88. The van der Waals surface area contributed by atoms with Crippen molar-refractivity contribution in [2.45, 2.75) is 38.8 Å². The summed E-state index contributed by atoms with van der Waals surface area (Å²) in [7, 11) is 0. The van der Waals surface area contributed by atoms with Crippen LogP contribution < -0.4 is 5.32 Å². The Morgan fingerprint density at radius 3 is 2.89 bits per heavy atom. The average molecular weight is 244 g/mol. The zero-order valence-electron chi connectivity index (χ0n) is 11.4. The molecule has 0 saturated carbocycles. The van der Waals surface area contributed by atoms with Crippen molar-refractivity contribution in [3.05, 3.63) is 35.4 Å². The van der Waals surface area contributed by atoms with Gasteiger partial charge in [-0.15, -0.1) is 0 Å². The molecule has 3 rings (SSSR count). The lowest BCUT2D eigenvalue weighted by molar-refractivity contribution is 0.163. The van der Waals surface area contributed by atoms with Crippen molar-refractivity contribution in [1.82, 2.24) is 10.2 Å². The standard InChI is InChI=1S/C16H24N2/c1-2-13-10-17-11-16(13)18-9-5-8-14-6-3-4-7-15(14)12-18/h3-4,6-7,13,16-17H,2,5,8-12H2,1H3. The third-order valence-electron chi connectivity index (χ3n) is 4.68. The van der Waals surface area contributed by atoms with Gasteiger partial charge in [-0.25, -0.2) is 0 Å². The van der Waals surface area contributed by atoms with Crippen molar-refractivity contribution in [2.24, 2.45) is 5.92 Å². The summed E-state index contributed by atoms with van der Waals surface area (Å²) in [5.74, 6) is 0.843. The minimum absolute atomic E-state index is 0.751. The van der Waals surface area contributed by atoms with Crippen molar-refractivity contribution >= 4 is 0 Å². The molecule has 2 heterocycles. The van der Waals surface area contributed by atoms with E-state index in [-0.39, 0.29) is 0 Å². The summed E-state index contributed by atoms with van der Waals surface area (Å²) in [6.45, 7) is 7.13. The van der Waals surface area contributed by atoms with Gasteiger partial charge in [-0.2, -0.15) is 0 Å². The van der Waals surface area contributed by atoms with Crippen molar-refractivity contribution in [3.8, 4) is 0 Å². The molecule has 1 N–H and O–H groups in total. The van der Waals surface area contributed by atoms with Gasteiger partial charge in [-0.05, 0) is 43.0 Å². The molecule has 1 fully saturated rings. The highest BCUT2D eigenvalue weighted by molar-refractivity contribution is 5.28. The van der Waals surface area contributed by atoms with Gasteiger partial charge in [0.2, 0.25) is 0 Å². The second-order valence-electron chi connectivity index (χ2n) is 5.74. The smallest absolute Gasteiger partial charge is 0.0264 e. The fourth-order valence-corrected chi connectivity index (χ4v) is 3.57. The summed E-state index contributed by atoms with van der Waals surface area (Å²) in [5, 5.41) is 3.57. The van der Waals surface area contributed by atoms with Gasteiger partial charge in [0, 0.05) is 19.1 Å². The van der Waals surface area contributed by atoms with Crippen LogP contribution in [0.4, 0.5) is 0 Å². The van der Waals surface area contributed by atoms with Gasteiger partial charge in [-0.1, -0.05) is 37.6 Å². The van der Waals surface area contributed by atoms with Gasteiger partial charge >= 0.3 is 0 Å². The molecule has 18 heavy (non-hydrogen) atoms. The van der Waals surface area contributed by atoms with Crippen LogP contribution in [0.1, 0.15) is 30.9 Å². The Kier molecular flexibility index (Phi) is 3.67. The molecule has 1 aromatic rings. The fourth-order valence-electron chi connectivity index (χ4n) is 3.57. The third-order valence-corrected chi connectivity index (χ3v) is 4.68. The third kappa shape index (κ3) is 2.32. The van der Waals surface area contributed by atoms with Crippen LogP contribution >= 0.6 is 0 Å². The number of aryl methyl sites for hydroxylation is 1. The molecule has 98 valence electrons. The molecule has 0 aliphatic carbocycles. The van der Waals surface area contributed by atoms with Crippen LogP contribution in [0.5, 0.6) is 0 Å². The van der Waals surface area contributed by atoms with E-state index in [1.54, 1.807) is 11.1 Å². The lowest BCUT2D eigenvalue weighted by atomic mass is 9.98. The maximum absolute atomic E-state index is 3.57. The first kappa shape index (κ1) is 12.2. The van der Waals surface area contributed by atoms with E-state index in [1.807, 2.05) is 0 Å². The van der Waals surface area contributed by atoms with E-state index in [0.29, 0.717) is 0 Å². The molecule has 0 bridgehead atoms. The van der Waals surface area contributed by atoms with Crippen LogP contribution in [0.15, 0.2) is 24.3 Å². The summed E-state index contributed by atoms with van der Waals surface area (Å²) < 4.78 is 0. The van der Waals surface area contributed by atoms with Crippen molar-refractivity contribution in [2.75, 3.05) is 19.6 Å². The lowest BCUT2D eigenvalue weighted by Crippen LogP contribution is -2.40. The van der Waals surface area contributed by atoms with Crippen LogP contribution in [0.2, 0.25) is 0 Å². The predicted octanol–water partition coefficient (Wildman–Crippen LogP) is 2.43. The molecule has 0 amide bonds. The Morgan fingerprint density at radius 1 is 1.22 bits per heavy atom. The first-order valence-electron chi connectivity index (χ1n) is 7.40. The summed E-state index contributed by atoms with van der Waals surface area (Å²) >= 11 is 0. The number of hydrogen-bond donors (Lipinski definition) is 1. The number of benzene rings is 1. The van der Waals surface area contributed by atoms with E-state index in [2.05, 4.69) is 41.4 Å². The largest absolute Gasteiger partial charge is 0.315 e. The van der Waals surface area contributed by atoms with E-state index in [4.69, 9.17) is 0 Å². The molecule has 2 unspecified atom stereocenters. The van der Waals surface area contributed by atoms with Crippen molar-refractivity contribution < 1.29 is 0 Å². The number of nitrogens with zero attached hydrogens (tertiary/aromatic N) is 1. The van der Waals surface area contributed by atoms with Crippen LogP contribution in [0.25, 0.3) is 0 Å². The normalized spacial score (nSPS) is 28.9. The summed E-state index contributed by atoms with van der Waals surface area (Å²) in [6.07, 6.45) is 3.86. The van der Waals surface area contributed by atoms with Gasteiger partial charge in [0.1, 0.15) is 0 Å². The zero-order valence-corrected chi connectivity index (χ0v) is 11.4. The van der Waals surface area contributed by atoms with Crippen molar-refractivity contribution in [1.29, 1.82) is 0 Å².